The van der Waals surface area contributed by atoms with Gasteiger partial charge in [-0.2, -0.15) is 0 Å². The van der Waals surface area contributed by atoms with Crippen LogP contribution in [0, 0.1) is 13.8 Å². The number of aryl methyl sites for hydroxylation is 3. The Morgan fingerprint density at radius 3 is 1.68 bits per heavy atom. The number of rotatable bonds is 13. The highest BCUT2D eigenvalue weighted by molar-refractivity contribution is 5.15. The standard InChI is InChI=1S/C21H37O/c1-4-5-6-7-8-9-10-11-12-13-14-15-16-21-18-19(2)17-20(3)22-21/h17-18H,4-16H2,1-3H3/q+1. The highest BCUT2D eigenvalue weighted by Crippen LogP contribution is 2.15. The first kappa shape index (κ1) is 19.2. The molecule has 0 radical (unpaired) electrons. The molecule has 0 amide bonds. The first-order valence-electron chi connectivity index (χ1n) is 9.62. The lowest BCUT2D eigenvalue weighted by Gasteiger charge is -2.02. The van der Waals surface area contributed by atoms with Crippen LogP contribution in [0.1, 0.15) is 101 Å². The Bertz CT molecular complexity index is 363. The molecule has 0 bridgehead atoms. The lowest BCUT2D eigenvalue weighted by Crippen LogP contribution is -1.89. The van der Waals surface area contributed by atoms with Crippen molar-refractivity contribution >= 4 is 0 Å². The van der Waals surface area contributed by atoms with Crippen LogP contribution >= 0.6 is 0 Å². The van der Waals surface area contributed by atoms with E-state index in [2.05, 4.69) is 26.0 Å². The van der Waals surface area contributed by atoms with Gasteiger partial charge in [-0.3, -0.25) is 0 Å². The van der Waals surface area contributed by atoms with Crippen molar-refractivity contribution in [1.82, 2.24) is 0 Å². The van der Waals surface area contributed by atoms with Crippen molar-refractivity contribution in [1.29, 1.82) is 0 Å². The third-order valence-electron chi connectivity index (χ3n) is 4.39. The summed E-state index contributed by atoms with van der Waals surface area (Å²) in [5, 5.41) is 0. The minimum absolute atomic E-state index is 1.04. The van der Waals surface area contributed by atoms with Crippen molar-refractivity contribution in [2.24, 2.45) is 0 Å². The average molecular weight is 306 g/mol. The Labute approximate surface area is 138 Å². The van der Waals surface area contributed by atoms with Gasteiger partial charge in [-0.05, 0) is 18.9 Å². The van der Waals surface area contributed by atoms with Gasteiger partial charge in [-0.25, -0.2) is 4.42 Å². The Hall–Kier alpha value is -0.850. The normalized spacial score (nSPS) is 11.0. The van der Waals surface area contributed by atoms with Gasteiger partial charge >= 0.3 is 11.5 Å². The molecule has 22 heavy (non-hydrogen) atoms. The molecule has 1 heterocycles. The summed E-state index contributed by atoms with van der Waals surface area (Å²) in [5.74, 6) is 2.19. The molecule has 0 saturated heterocycles. The molecule has 0 spiro atoms. The van der Waals surface area contributed by atoms with Gasteiger partial charge < -0.3 is 0 Å². The van der Waals surface area contributed by atoms with Crippen LogP contribution in [-0.4, -0.2) is 0 Å². The van der Waals surface area contributed by atoms with E-state index in [0.29, 0.717) is 0 Å². The molecule has 1 aromatic rings. The van der Waals surface area contributed by atoms with E-state index < -0.39 is 0 Å². The molecule has 1 aromatic heterocycles. The third kappa shape index (κ3) is 9.97. The van der Waals surface area contributed by atoms with Crippen molar-refractivity contribution in [2.45, 2.75) is 104 Å². The molecule has 1 nitrogen and oxygen atoms in total. The van der Waals surface area contributed by atoms with Gasteiger partial charge in [-0.15, -0.1) is 0 Å². The molecule has 0 fully saturated rings. The summed E-state index contributed by atoms with van der Waals surface area (Å²) in [6, 6.07) is 4.29. The number of hydrogen-bond acceptors (Lipinski definition) is 0. The average Bonchev–Trinajstić information content (AvgIpc) is 2.47. The predicted octanol–water partition coefficient (Wildman–Crippen LogP) is 7.42. The molecule has 0 unspecified atom stereocenters. The second kappa shape index (κ2) is 12.7. The van der Waals surface area contributed by atoms with Crippen LogP contribution in [0.5, 0.6) is 0 Å². The zero-order valence-electron chi connectivity index (χ0n) is 15.3. The molecule has 0 aliphatic rings. The molecule has 1 rings (SSSR count). The van der Waals surface area contributed by atoms with E-state index in [4.69, 9.17) is 4.42 Å². The smallest absolute Gasteiger partial charge is 0.218 e. The van der Waals surface area contributed by atoms with E-state index in [-0.39, 0.29) is 0 Å². The maximum absolute atomic E-state index is 5.76. The van der Waals surface area contributed by atoms with Crippen molar-refractivity contribution in [2.75, 3.05) is 0 Å². The van der Waals surface area contributed by atoms with Gasteiger partial charge in [0.1, 0.15) is 0 Å². The van der Waals surface area contributed by atoms with Gasteiger partial charge in [0, 0.05) is 12.1 Å². The molecule has 0 atom stereocenters. The maximum atomic E-state index is 5.76. The fourth-order valence-electron chi connectivity index (χ4n) is 3.15. The minimum atomic E-state index is 1.04. The third-order valence-corrected chi connectivity index (χ3v) is 4.39. The maximum Gasteiger partial charge on any atom is 0.329 e. The Balaban J connectivity index is 1.89. The SMILES string of the molecule is CCCCCCCCCCCCCCc1cc(C)cc(C)[o+]1. The first-order chi connectivity index (χ1) is 10.7. The summed E-state index contributed by atoms with van der Waals surface area (Å²) in [7, 11) is 0. The summed E-state index contributed by atoms with van der Waals surface area (Å²) in [5.41, 5.74) is 1.32. The van der Waals surface area contributed by atoms with E-state index >= 15 is 0 Å². The second-order valence-electron chi connectivity index (χ2n) is 6.85. The van der Waals surface area contributed by atoms with Gasteiger partial charge in [0.25, 0.3) is 0 Å². The Kier molecular flexibility index (Phi) is 11.1. The monoisotopic (exact) mass is 305 g/mol. The molecule has 0 aromatic carbocycles. The summed E-state index contributed by atoms with van der Waals surface area (Å²) < 4.78 is 5.76. The molecular weight excluding hydrogens is 268 g/mol. The molecule has 0 saturated carbocycles. The molecule has 0 aliphatic carbocycles. The fraction of sp³-hybridized carbons (Fsp3) is 0.762. The van der Waals surface area contributed by atoms with Gasteiger partial charge in [-0.1, -0.05) is 77.6 Å². The van der Waals surface area contributed by atoms with Crippen LogP contribution in [-0.2, 0) is 6.42 Å². The summed E-state index contributed by atoms with van der Waals surface area (Å²) in [4.78, 5) is 0. The lowest BCUT2D eigenvalue weighted by atomic mass is 10.0. The van der Waals surface area contributed by atoms with Crippen LogP contribution in [0.25, 0.3) is 0 Å². The highest BCUT2D eigenvalue weighted by atomic mass is 16.3. The van der Waals surface area contributed by atoms with Gasteiger partial charge in [0.15, 0.2) is 0 Å². The zero-order chi connectivity index (χ0) is 16.0. The van der Waals surface area contributed by atoms with E-state index in [1.165, 1.54) is 82.6 Å². The second-order valence-corrected chi connectivity index (χ2v) is 6.85. The molecule has 0 aliphatic heterocycles. The fourth-order valence-corrected chi connectivity index (χ4v) is 3.15. The zero-order valence-corrected chi connectivity index (χ0v) is 15.3. The van der Waals surface area contributed by atoms with Crippen LogP contribution in [0.4, 0.5) is 0 Å². The van der Waals surface area contributed by atoms with Gasteiger partial charge in [0.2, 0.25) is 0 Å². The van der Waals surface area contributed by atoms with Gasteiger partial charge in [0.05, 0.1) is 13.3 Å². The van der Waals surface area contributed by atoms with E-state index in [1.54, 1.807) is 0 Å². The largest absolute Gasteiger partial charge is 0.329 e. The summed E-state index contributed by atoms with van der Waals surface area (Å²) in [6.07, 6.45) is 18.0. The van der Waals surface area contributed by atoms with Crippen LogP contribution in [0.2, 0.25) is 0 Å². The Morgan fingerprint density at radius 1 is 0.682 bits per heavy atom. The lowest BCUT2D eigenvalue weighted by molar-refractivity contribution is 0.451. The van der Waals surface area contributed by atoms with Crippen LogP contribution in [0.3, 0.4) is 0 Å². The molecule has 126 valence electrons. The van der Waals surface area contributed by atoms with Crippen molar-refractivity contribution in [3.05, 3.63) is 29.2 Å². The van der Waals surface area contributed by atoms with Crippen LogP contribution < -0.4 is 0 Å². The first-order valence-corrected chi connectivity index (χ1v) is 9.62. The van der Waals surface area contributed by atoms with Crippen LogP contribution in [0.15, 0.2) is 16.5 Å². The molecular formula is C21H37O+. The quantitative estimate of drug-likeness (QED) is 0.272. The number of hydrogen-bond donors (Lipinski definition) is 0. The van der Waals surface area contributed by atoms with Crippen molar-refractivity contribution in [3.8, 4) is 0 Å². The molecule has 0 N–H and O–H groups in total. The summed E-state index contributed by atoms with van der Waals surface area (Å²) in [6.45, 7) is 6.47. The molecule has 1 heteroatoms. The topological polar surface area (TPSA) is 11.3 Å². The van der Waals surface area contributed by atoms with E-state index in [0.717, 1.165) is 17.9 Å². The Morgan fingerprint density at radius 2 is 1.18 bits per heavy atom. The predicted molar refractivity (Wildman–Crippen MR) is 97.4 cm³/mol. The van der Waals surface area contributed by atoms with Crippen molar-refractivity contribution < 1.29 is 4.42 Å². The highest BCUT2D eigenvalue weighted by Gasteiger charge is 2.10. The van der Waals surface area contributed by atoms with E-state index in [9.17, 15) is 0 Å². The van der Waals surface area contributed by atoms with E-state index in [1.807, 2.05) is 6.92 Å². The number of unbranched alkanes of at least 4 members (excludes halogenated alkanes) is 11. The minimum Gasteiger partial charge on any atom is -0.218 e. The van der Waals surface area contributed by atoms with Crippen molar-refractivity contribution in [3.63, 3.8) is 0 Å². The summed E-state index contributed by atoms with van der Waals surface area (Å²) >= 11 is 0.